The molecule has 4 aromatic rings. The molecule has 3 heterocycles. The van der Waals surface area contributed by atoms with Crippen LogP contribution in [0, 0.1) is 18.6 Å². The van der Waals surface area contributed by atoms with Gasteiger partial charge in [0.25, 0.3) is 6.01 Å². The maximum Gasteiger partial charge on any atom is 0.303 e. The van der Waals surface area contributed by atoms with Crippen molar-refractivity contribution >= 4 is 46.0 Å². The maximum atomic E-state index is 15.6. The van der Waals surface area contributed by atoms with Crippen molar-refractivity contribution in [2.45, 2.75) is 51.1 Å². The number of anilines is 2. The standard InChI is InChI=1S/C28H28F2N4O5S/c1-15-3-5-17(29)12-21(15)33-28-32-20-8-4-16(25(30)26(20)39-28)11-23(35)34-18(14-38-2)6-9-22(34)27-31-13-19(40-27)7-10-24(36)37/h3-5,8,12-13,18,22H,6-7,9-11,14H2,1-2H3,(H,32,33)(H,36,37)/t18-,22-/m0/s1. The molecule has 1 saturated heterocycles. The Balaban J connectivity index is 1.36. The van der Waals surface area contributed by atoms with Crippen LogP contribution in [-0.4, -0.2) is 51.6 Å². The molecule has 2 aromatic carbocycles. The van der Waals surface area contributed by atoms with E-state index in [9.17, 15) is 14.0 Å². The summed E-state index contributed by atoms with van der Waals surface area (Å²) in [5.41, 5.74) is 1.52. The lowest BCUT2D eigenvalue weighted by molar-refractivity contribution is -0.137. The summed E-state index contributed by atoms with van der Waals surface area (Å²) >= 11 is 1.39. The number of aryl methyl sites for hydroxylation is 2. The van der Waals surface area contributed by atoms with E-state index in [1.807, 2.05) is 0 Å². The fourth-order valence-electron chi connectivity index (χ4n) is 4.97. The highest BCUT2D eigenvalue weighted by Gasteiger charge is 2.39. The zero-order valence-corrected chi connectivity index (χ0v) is 22.8. The molecule has 0 spiro atoms. The van der Waals surface area contributed by atoms with Crippen LogP contribution in [0.3, 0.4) is 0 Å². The minimum absolute atomic E-state index is 0.00368. The fourth-order valence-corrected chi connectivity index (χ4v) is 6.02. The summed E-state index contributed by atoms with van der Waals surface area (Å²) in [6, 6.07) is 6.84. The number of carboxylic acid groups (broad SMARTS) is 1. The number of thiazole rings is 1. The number of aliphatic carboxylic acids is 1. The van der Waals surface area contributed by atoms with E-state index in [0.29, 0.717) is 31.6 Å². The number of rotatable bonds is 10. The predicted molar refractivity (Wildman–Crippen MR) is 145 cm³/mol. The minimum Gasteiger partial charge on any atom is -0.481 e. The molecule has 0 bridgehead atoms. The van der Waals surface area contributed by atoms with Gasteiger partial charge >= 0.3 is 5.97 Å². The minimum atomic E-state index is -0.884. The summed E-state index contributed by atoms with van der Waals surface area (Å²) in [4.78, 5) is 35.8. The Morgan fingerprint density at radius 1 is 1.25 bits per heavy atom. The third kappa shape index (κ3) is 5.82. The molecule has 1 aliphatic rings. The first-order valence-electron chi connectivity index (χ1n) is 12.8. The molecule has 2 N–H and O–H groups in total. The van der Waals surface area contributed by atoms with E-state index in [0.717, 1.165) is 15.4 Å². The van der Waals surface area contributed by atoms with E-state index in [1.54, 1.807) is 37.3 Å². The summed E-state index contributed by atoms with van der Waals surface area (Å²) in [5, 5.41) is 12.6. The van der Waals surface area contributed by atoms with Crippen LogP contribution in [-0.2, 0) is 27.2 Å². The van der Waals surface area contributed by atoms with Crippen LogP contribution in [0.15, 0.2) is 40.9 Å². The molecule has 2 atom stereocenters. The first-order chi connectivity index (χ1) is 19.2. The molecule has 0 unspecified atom stereocenters. The largest absolute Gasteiger partial charge is 0.481 e. The maximum absolute atomic E-state index is 15.6. The van der Waals surface area contributed by atoms with Gasteiger partial charge < -0.3 is 24.5 Å². The van der Waals surface area contributed by atoms with Crippen molar-refractivity contribution < 1.29 is 32.6 Å². The van der Waals surface area contributed by atoms with Crippen LogP contribution < -0.4 is 5.32 Å². The third-order valence-corrected chi connectivity index (χ3v) is 8.11. The third-order valence-electron chi connectivity index (χ3n) is 6.95. The highest BCUT2D eigenvalue weighted by Crippen LogP contribution is 2.39. The zero-order chi connectivity index (χ0) is 28.4. The Bertz CT molecular complexity index is 1550. The molecule has 210 valence electrons. The second-order valence-electron chi connectivity index (χ2n) is 9.73. The normalized spacial score (nSPS) is 17.1. The van der Waals surface area contributed by atoms with E-state index in [2.05, 4.69) is 15.3 Å². The molecule has 40 heavy (non-hydrogen) atoms. The topological polar surface area (TPSA) is 118 Å². The van der Waals surface area contributed by atoms with Crippen molar-refractivity contribution in [1.82, 2.24) is 14.9 Å². The quantitative estimate of drug-likeness (QED) is 0.255. The van der Waals surface area contributed by atoms with Gasteiger partial charge in [0.2, 0.25) is 5.91 Å². The number of methoxy groups -OCH3 is 1. The number of aromatic nitrogens is 2. The van der Waals surface area contributed by atoms with Crippen LogP contribution in [0.2, 0.25) is 0 Å². The van der Waals surface area contributed by atoms with Gasteiger partial charge in [0, 0.05) is 29.4 Å². The van der Waals surface area contributed by atoms with E-state index in [4.69, 9.17) is 14.3 Å². The van der Waals surface area contributed by atoms with E-state index in [1.165, 1.54) is 29.5 Å². The van der Waals surface area contributed by atoms with Gasteiger partial charge in [-0.25, -0.2) is 13.8 Å². The summed E-state index contributed by atoms with van der Waals surface area (Å²) in [5.74, 6) is -2.28. The number of nitrogens with zero attached hydrogens (tertiary/aromatic N) is 3. The van der Waals surface area contributed by atoms with Crippen molar-refractivity contribution in [2.75, 3.05) is 19.0 Å². The van der Waals surface area contributed by atoms with Gasteiger partial charge in [0.1, 0.15) is 16.3 Å². The molecule has 1 aliphatic heterocycles. The lowest BCUT2D eigenvalue weighted by Gasteiger charge is -2.29. The van der Waals surface area contributed by atoms with E-state index in [-0.39, 0.29) is 53.5 Å². The Hall–Kier alpha value is -3.90. The highest BCUT2D eigenvalue weighted by atomic mass is 32.1. The van der Waals surface area contributed by atoms with Gasteiger partial charge in [-0.15, -0.1) is 11.3 Å². The number of fused-ring (bicyclic) bond motifs is 1. The monoisotopic (exact) mass is 570 g/mol. The Kier molecular flexibility index (Phi) is 8.08. The van der Waals surface area contributed by atoms with Crippen LogP contribution in [0.5, 0.6) is 0 Å². The lowest BCUT2D eigenvalue weighted by atomic mass is 10.1. The van der Waals surface area contributed by atoms with E-state index < -0.39 is 17.6 Å². The van der Waals surface area contributed by atoms with Crippen molar-refractivity contribution in [3.05, 3.63) is 69.2 Å². The molecule has 9 nitrogen and oxygen atoms in total. The number of ether oxygens (including phenoxy) is 1. The van der Waals surface area contributed by atoms with Crippen molar-refractivity contribution in [2.24, 2.45) is 0 Å². The smallest absolute Gasteiger partial charge is 0.303 e. The first kappa shape index (κ1) is 27.7. The van der Waals surface area contributed by atoms with Crippen LogP contribution >= 0.6 is 11.3 Å². The summed E-state index contributed by atoms with van der Waals surface area (Å²) in [6.07, 6.45) is 3.19. The molecular formula is C28H28F2N4O5S. The molecule has 1 fully saturated rings. The molecule has 12 heteroatoms. The number of carbonyl (C=O) groups is 2. The molecule has 1 amide bonds. The van der Waals surface area contributed by atoms with Gasteiger partial charge in [-0.05, 0) is 49.9 Å². The number of halogens is 2. The Morgan fingerprint density at radius 3 is 2.85 bits per heavy atom. The highest BCUT2D eigenvalue weighted by molar-refractivity contribution is 7.11. The van der Waals surface area contributed by atoms with Gasteiger partial charge in [-0.3, -0.25) is 9.59 Å². The Labute approximate surface area is 232 Å². The van der Waals surface area contributed by atoms with Gasteiger partial charge in [-0.1, -0.05) is 12.1 Å². The summed E-state index contributed by atoms with van der Waals surface area (Å²) in [7, 11) is 1.57. The van der Waals surface area contributed by atoms with Crippen molar-refractivity contribution in [3.8, 4) is 0 Å². The van der Waals surface area contributed by atoms with Gasteiger partial charge in [-0.2, -0.15) is 4.98 Å². The van der Waals surface area contributed by atoms with Crippen LogP contribution in [0.4, 0.5) is 20.5 Å². The number of hydrogen-bond donors (Lipinski definition) is 2. The number of nitrogens with one attached hydrogen (secondary N) is 1. The first-order valence-corrected chi connectivity index (χ1v) is 13.6. The van der Waals surface area contributed by atoms with Crippen molar-refractivity contribution in [3.63, 3.8) is 0 Å². The summed E-state index contributed by atoms with van der Waals surface area (Å²) in [6.45, 7) is 2.12. The molecule has 0 radical (unpaired) electrons. The molecular weight excluding hydrogens is 542 g/mol. The van der Waals surface area contributed by atoms with Gasteiger partial charge in [0.15, 0.2) is 11.4 Å². The number of likely N-dealkylation sites (tertiary alicyclic amines) is 1. The van der Waals surface area contributed by atoms with Crippen LogP contribution in [0.1, 0.15) is 46.3 Å². The van der Waals surface area contributed by atoms with E-state index >= 15 is 4.39 Å². The van der Waals surface area contributed by atoms with Crippen molar-refractivity contribution in [1.29, 1.82) is 0 Å². The predicted octanol–water partition coefficient (Wildman–Crippen LogP) is 5.55. The SMILES string of the molecule is COC[C@@H]1CC[C@@H](c2ncc(CCC(=O)O)s2)N1C(=O)Cc1ccc2nc(Nc3cc(F)ccc3C)oc2c1F. The number of benzene rings is 2. The van der Waals surface area contributed by atoms with Crippen LogP contribution in [0.25, 0.3) is 11.1 Å². The average molecular weight is 571 g/mol. The van der Waals surface area contributed by atoms with Gasteiger partial charge in [0.05, 0.1) is 31.5 Å². The second kappa shape index (κ2) is 11.7. The number of oxazole rings is 1. The summed E-state index contributed by atoms with van der Waals surface area (Å²) < 4.78 is 40.2. The number of carbonyl (C=O) groups excluding carboxylic acids is 1. The Morgan fingerprint density at radius 2 is 2.08 bits per heavy atom. The average Bonchev–Trinajstić information content (AvgIpc) is 3.65. The molecule has 2 aromatic heterocycles. The fraction of sp³-hybridized carbons (Fsp3) is 0.357. The molecule has 5 rings (SSSR count). The number of amides is 1. The number of hydrogen-bond acceptors (Lipinski definition) is 8. The number of carboxylic acids is 1. The lowest BCUT2D eigenvalue weighted by Crippen LogP contribution is -2.40. The zero-order valence-electron chi connectivity index (χ0n) is 21.9. The molecule has 0 saturated carbocycles. The molecule has 0 aliphatic carbocycles. The second-order valence-corrected chi connectivity index (χ2v) is 10.9.